The molecule has 122 valence electrons. The van der Waals surface area contributed by atoms with Crippen LogP contribution in [0.25, 0.3) is 0 Å². The number of nitriles is 2. The Hall–Kier alpha value is -2.98. The molecule has 0 aliphatic carbocycles. The molecule has 0 amide bonds. The van der Waals surface area contributed by atoms with E-state index in [-0.39, 0.29) is 5.41 Å². The summed E-state index contributed by atoms with van der Waals surface area (Å²) in [6.45, 7) is 6.56. The third-order valence-corrected chi connectivity index (χ3v) is 4.61. The first-order valence-electron chi connectivity index (χ1n) is 7.91. The SMILES string of the molecule is CCC(c1ccc(OC#N)cc1)(c1ccc(OC#N)cc1)C(C)C. The third kappa shape index (κ3) is 3.19. The van der Waals surface area contributed by atoms with Crippen LogP contribution in [0.15, 0.2) is 48.5 Å². The molecule has 4 heteroatoms. The molecule has 2 rings (SSSR count). The molecule has 0 radical (unpaired) electrons. The number of rotatable bonds is 6. The molecule has 2 aromatic carbocycles. The summed E-state index contributed by atoms with van der Waals surface area (Å²) in [7, 11) is 0. The second kappa shape index (κ2) is 7.53. The summed E-state index contributed by atoms with van der Waals surface area (Å²) in [5.41, 5.74) is 2.16. The van der Waals surface area contributed by atoms with Crippen LogP contribution in [0.1, 0.15) is 38.3 Å². The summed E-state index contributed by atoms with van der Waals surface area (Å²) in [4.78, 5) is 0. The Bertz CT molecular complexity index is 691. The quantitative estimate of drug-likeness (QED) is 0.720. The predicted octanol–water partition coefficient (Wildman–Crippen LogP) is 4.76. The molecule has 0 bridgehead atoms. The van der Waals surface area contributed by atoms with Crippen LogP contribution < -0.4 is 9.47 Å². The van der Waals surface area contributed by atoms with Crippen molar-refractivity contribution in [2.45, 2.75) is 32.6 Å². The van der Waals surface area contributed by atoms with Crippen molar-refractivity contribution in [1.29, 1.82) is 10.5 Å². The van der Waals surface area contributed by atoms with Crippen LogP contribution in [0.3, 0.4) is 0 Å². The van der Waals surface area contributed by atoms with Gasteiger partial charge in [-0.25, -0.2) is 0 Å². The van der Waals surface area contributed by atoms with E-state index in [1.165, 1.54) is 11.1 Å². The molecule has 0 aliphatic rings. The van der Waals surface area contributed by atoms with Crippen LogP contribution in [-0.4, -0.2) is 0 Å². The van der Waals surface area contributed by atoms with Crippen LogP contribution in [0.5, 0.6) is 11.5 Å². The zero-order valence-corrected chi connectivity index (χ0v) is 14.1. The molecule has 0 saturated heterocycles. The second-order valence-corrected chi connectivity index (χ2v) is 5.92. The lowest BCUT2D eigenvalue weighted by atomic mass is 9.65. The zero-order valence-electron chi connectivity index (χ0n) is 14.1. The summed E-state index contributed by atoms with van der Waals surface area (Å²) >= 11 is 0. The highest BCUT2D eigenvalue weighted by Crippen LogP contribution is 2.43. The molecule has 0 atom stereocenters. The summed E-state index contributed by atoms with van der Waals surface area (Å²) in [6.07, 6.45) is 4.30. The lowest BCUT2D eigenvalue weighted by Gasteiger charge is -2.38. The molecule has 0 saturated carbocycles. The van der Waals surface area contributed by atoms with Gasteiger partial charge in [-0.15, -0.1) is 10.5 Å². The number of hydrogen-bond donors (Lipinski definition) is 0. The first-order valence-corrected chi connectivity index (χ1v) is 7.91. The Labute approximate surface area is 142 Å². The normalized spacial score (nSPS) is 10.8. The van der Waals surface area contributed by atoms with E-state index in [2.05, 4.69) is 20.8 Å². The summed E-state index contributed by atoms with van der Waals surface area (Å²) in [6, 6.07) is 15.3. The second-order valence-electron chi connectivity index (χ2n) is 5.92. The van der Waals surface area contributed by atoms with E-state index in [0.717, 1.165) is 6.42 Å². The maximum absolute atomic E-state index is 8.62. The largest absolute Gasteiger partial charge is 0.388 e. The number of benzene rings is 2. The Morgan fingerprint density at radius 2 is 1.21 bits per heavy atom. The van der Waals surface area contributed by atoms with Gasteiger partial charge in [0.2, 0.25) is 0 Å². The van der Waals surface area contributed by atoms with Gasteiger partial charge < -0.3 is 9.47 Å². The maximum atomic E-state index is 8.62. The molecule has 0 aliphatic heterocycles. The van der Waals surface area contributed by atoms with E-state index in [1.54, 1.807) is 12.5 Å². The minimum absolute atomic E-state index is 0.170. The molecule has 0 unspecified atom stereocenters. The Kier molecular flexibility index (Phi) is 5.45. The first kappa shape index (κ1) is 17.4. The molecule has 0 aromatic heterocycles. The van der Waals surface area contributed by atoms with Gasteiger partial charge in [-0.3, -0.25) is 0 Å². The molecule has 0 N–H and O–H groups in total. The van der Waals surface area contributed by atoms with Crippen LogP contribution in [0.4, 0.5) is 0 Å². The standard InChI is InChI=1S/C20H20N2O2/c1-4-20(15(2)3,16-5-9-18(10-6-16)23-13-21)17-7-11-19(12-8-17)24-14-22/h5-12,15H,4H2,1-3H3. The fourth-order valence-electron chi connectivity index (χ4n) is 3.40. The summed E-state index contributed by atoms with van der Waals surface area (Å²) in [5.74, 6) is 1.42. The lowest BCUT2D eigenvalue weighted by Crippen LogP contribution is -2.33. The molecule has 0 heterocycles. The Balaban J connectivity index is 2.50. The number of nitrogens with zero attached hydrogens (tertiary/aromatic N) is 2. The van der Waals surface area contributed by atoms with Crippen LogP contribution in [0, 0.1) is 29.0 Å². The van der Waals surface area contributed by atoms with Crippen LogP contribution in [0.2, 0.25) is 0 Å². The van der Waals surface area contributed by atoms with Gasteiger partial charge in [-0.2, -0.15) is 0 Å². The average Bonchev–Trinajstić information content (AvgIpc) is 2.59. The van der Waals surface area contributed by atoms with Gasteiger partial charge in [0, 0.05) is 5.41 Å². The van der Waals surface area contributed by atoms with Crippen molar-refractivity contribution in [3.05, 3.63) is 59.7 Å². The number of hydrogen-bond acceptors (Lipinski definition) is 4. The van der Waals surface area contributed by atoms with Gasteiger partial charge in [-0.05, 0) is 47.7 Å². The van der Waals surface area contributed by atoms with Gasteiger partial charge >= 0.3 is 0 Å². The predicted molar refractivity (Wildman–Crippen MR) is 91.3 cm³/mol. The molecule has 0 spiro atoms. The van der Waals surface area contributed by atoms with E-state index in [9.17, 15) is 0 Å². The molecule has 24 heavy (non-hydrogen) atoms. The molecular weight excluding hydrogens is 300 g/mol. The molecule has 0 fully saturated rings. The van der Waals surface area contributed by atoms with Gasteiger partial charge in [0.1, 0.15) is 11.5 Å². The zero-order chi connectivity index (χ0) is 17.6. The van der Waals surface area contributed by atoms with Crippen LogP contribution in [-0.2, 0) is 5.41 Å². The van der Waals surface area contributed by atoms with E-state index in [0.29, 0.717) is 17.4 Å². The highest BCUT2D eigenvalue weighted by atomic mass is 16.5. The maximum Gasteiger partial charge on any atom is 0.292 e. The van der Waals surface area contributed by atoms with Crippen molar-refractivity contribution >= 4 is 0 Å². The van der Waals surface area contributed by atoms with E-state index in [4.69, 9.17) is 20.0 Å². The fourth-order valence-corrected chi connectivity index (χ4v) is 3.40. The van der Waals surface area contributed by atoms with Gasteiger partial charge in [-0.1, -0.05) is 45.0 Å². The van der Waals surface area contributed by atoms with E-state index in [1.807, 2.05) is 48.5 Å². The smallest absolute Gasteiger partial charge is 0.292 e. The Morgan fingerprint density at radius 3 is 1.46 bits per heavy atom. The van der Waals surface area contributed by atoms with E-state index >= 15 is 0 Å². The molecule has 4 nitrogen and oxygen atoms in total. The highest BCUT2D eigenvalue weighted by molar-refractivity contribution is 5.44. The van der Waals surface area contributed by atoms with Crippen molar-refractivity contribution in [1.82, 2.24) is 0 Å². The van der Waals surface area contributed by atoms with Crippen LogP contribution >= 0.6 is 0 Å². The fraction of sp³-hybridized carbons (Fsp3) is 0.300. The summed E-state index contributed by atoms with van der Waals surface area (Å²) < 4.78 is 9.75. The molecular formula is C20H20N2O2. The first-order chi connectivity index (χ1) is 11.6. The van der Waals surface area contributed by atoms with Crippen molar-refractivity contribution in [3.8, 4) is 24.0 Å². The monoisotopic (exact) mass is 320 g/mol. The van der Waals surface area contributed by atoms with E-state index < -0.39 is 0 Å². The third-order valence-electron chi connectivity index (χ3n) is 4.61. The molecule has 2 aromatic rings. The van der Waals surface area contributed by atoms with Gasteiger partial charge in [0.25, 0.3) is 12.5 Å². The van der Waals surface area contributed by atoms with Gasteiger partial charge in [0.05, 0.1) is 0 Å². The van der Waals surface area contributed by atoms with Gasteiger partial charge in [0.15, 0.2) is 0 Å². The van der Waals surface area contributed by atoms with Crippen molar-refractivity contribution < 1.29 is 9.47 Å². The summed E-state index contributed by atoms with van der Waals surface area (Å²) in [5, 5.41) is 17.2. The minimum atomic E-state index is -0.170. The lowest BCUT2D eigenvalue weighted by molar-refractivity contribution is 0.357. The van der Waals surface area contributed by atoms with Crippen molar-refractivity contribution in [3.63, 3.8) is 0 Å². The highest BCUT2D eigenvalue weighted by Gasteiger charge is 2.35. The van der Waals surface area contributed by atoms with Crippen molar-refractivity contribution in [2.24, 2.45) is 5.92 Å². The average molecular weight is 320 g/mol. The topological polar surface area (TPSA) is 66.0 Å². The minimum Gasteiger partial charge on any atom is -0.388 e. The Morgan fingerprint density at radius 1 is 0.833 bits per heavy atom. The van der Waals surface area contributed by atoms with Crippen molar-refractivity contribution in [2.75, 3.05) is 0 Å². The number of ether oxygens (including phenoxy) is 2.